The Balaban J connectivity index is 1.70. The van der Waals surface area contributed by atoms with Crippen molar-refractivity contribution in [3.05, 3.63) is 53.9 Å². The van der Waals surface area contributed by atoms with E-state index < -0.39 is 11.8 Å². The Morgan fingerprint density at radius 2 is 1.78 bits per heavy atom. The molecule has 0 aliphatic heterocycles. The number of imidazole rings is 1. The molecule has 3 N–H and O–H groups in total. The van der Waals surface area contributed by atoms with E-state index in [-0.39, 0.29) is 0 Å². The summed E-state index contributed by atoms with van der Waals surface area (Å²) in [5.41, 5.74) is 4.74. The average Bonchev–Trinajstić information content (AvgIpc) is 2.97. The Bertz CT molecular complexity index is 898. The maximum absolute atomic E-state index is 12.0. The quantitative estimate of drug-likeness (QED) is 0.636. The van der Waals surface area contributed by atoms with Crippen molar-refractivity contribution in [3.63, 3.8) is 0 Å². The Kier molecular flexibility index (Phi) is 3.80. The molecule has 6 nitrogen and oxygen atoms in total. The molecule has 0 atom stereocenters. The molecule has 0 fully saturated rings. The van der Waals surface area contributed by atoms with Crippen molar-refractivity contribution in [3.8, 4) is 0 Å². The van der Waals surface area contributed by atoms with E-state index in [1.165, 1.54) is 0 Å². The number of nitrogens with zero attached hydrogens (tertiary/aromatic N) is 1. The number of carbonyl (C=O) groups is 2. The van der Waals surface area contributed by atoms with Gasteiger partial charge in [0.05, 0.1) is 17.4 Å². The van der Waals surface area contributed by atoms with Crippen LogP contribution in [0.3, 0.4) is 0 Å². The van der Waals surface area contributed by atoms with Crippen molar-refractivity contribution in [1.29, 1.82) is 0 Å². The van der Waals surface area contributed by atoms with E-state index >= 15 is 0 Å². The normalized spacial score (nSPS) is 10.5. The second-order valence-electron chi connectivity index (χ2n) is 5.36. The molecule has 3 rings (SSSR count). The summed E-state index contributed by atoms with van der Waals surface area (Å²) in [5.74, 6) is -1.43. The highest BCUT2D eigenvalue weighted by Crippen LogP contribution is 2.17. The van der Waals surface area contributed by atoms with Gasteiger partial charge in [0.1, 0.15) is 0 Å². The summed E-state index contributed by atoms with van der Waals surface area (Å²) in [6.07, 6.45) is 1.57. The molecule has 116 valence electrons. The predicted octanol–water partition coefficient (Wildman–Crippen LogP) is 2.76. The fraction of sp³-hybridized carbons (Fsp3) is 0.118. The highest BCUT2D eigenvalue weighted by Gasteiger charge is 2.15. The summed E-state index contributed by atoms with van der Waals surface area (Å²) in [5, 5.41) is 5.19. The molecule has 3 aromatic rings. The number of anilines is 2. The zero-order valence-corrected chi connectivity index (χ0v) is 12.8. The average molecular weight is 308 g/mol. The van der Waals surface area contributed by atoms with Crippen LogP contribution in [-0.4, -0.2) is 21.8 Å². The SMILES string of the molecule is Cc1ccc(NC(=O)C(=O)Nc2ccc3nc[nH]c3c2)c(C)c1. The van der Waals surface area contributed by atoms with Crippen LogP contribution in [0.5, 0.6) is 0 Å². The van der Waals surface area contributed by atoms with Crippen molar-refractivity contribution in [2.45, 2.75) is 13.8 Å². The third kappa shape index (κ3) is 3.21. The molecular formula is C17H16N4O2. The van der Waals surface area contributed by atoms with Gasteiger partial charge >= 0.3 is 11.8 Å². The third-order valence-corrected chi connectivity index (χ3v) is 3.51. The molecule has 6 heteroatoms. The predicted molar refractivity (Wildman–Crippen MR) is 89.3 cm³/mol. The minimum Gasteiger partial charge on any atom is -0.345 e. The van der Waals surface area contributed by atoms with Crippen LogP contribution < -0.4 is 10.6 Å². The Morgan fingerprint density at radius 1 is 1.00 bits per heavy atom. The molecular weight excluding hydrogens is 292 g/mol. The number of amides is 2. The van der Waals surface area contributed by atoms with Crippen LogP contribution in [0.15, 0.2) is 42.7 Å². The number of carbonyl (C=O) groups excluding carboxylic acids is 2. The Hall–Kier alpha value is -3.15. The van der Waals surface area contributed by atoms with Gasteiger partial charge in [-0.2, -0.15) is 0 Å². The van der Waals surface area contributed by atoms with E-state index in [1.807, 2.05) is 26.0 Å². The van der Waals surface area contributed by atoms with Crippen LogP contribution in [0.25, 0.3) is 11.0 Å². The molecule has 2 aromatic carbocycles. The van der Waals surface area contributed by atoms with Crippen LogP contribution >= 0.6 is 0 Å². The lowest BCUT2D eigenvalue weighted by atomic mass is 10.1. The van der Waals surface area contributed by atoms with Crippen LogP contribution in [0, 0.1) is 13.8 Å². The summed E-state index contributed by atoms with van der Waals surface area (Å²) in [4.78, 5) is 31.1. The van der Waals surface area contributed by atoms with E-state index in [0.29, 0.717) is 11.4 Å². The van der Waals surface area contributed by atoms with E-state index in [0.717, 1.165) is 22.2 Å². The number of aromatic nitrogens is 2. The first-order valence-electron chi connectivity index (χ1n) is 7.15. The largest absolute Gasteiger partial charge is 0.345 e. The maximum atomic E-state index is 12.0. The lowest BCUT2D eigenvalue weighted by Crippen LogP contribution is -2.29. The second-order valence-corrected chi connectivity index (χ2v) is 5.36. The Labute approximate surface area is 132 Å². The highest BCUT2D eigenvalue weighted by molar-refractivity contribution is 6.43. The minimum atomic E-state index is -0.719. The van der Waals surface area contributed by atoms with E-state index in [1.54, 1.807) is 30.6 Å². The van der Waals surface area contributed by atoms with Crippen LogP contribution in [-0.2, 0) is 9.59 Å². The van der Waals surface area contributed by atoms with Gasteiger partial charge in [0.15, 0.2) is 0 Å². The summed E-state index contributed by atoms with van der Waals surface area (Å²) in [6, 6.07) is 10.8. The molecule has 0 unspecified atom stereocenters. The summed E-state index contributed by atoms with van der Waals surface area (Å²) in [6.45, 7) is 3.85. The van der Waals surface area contributed by atoms with Crippen molar-refractivity contribution in [2.75, 3.05) is 10.6 Å². The number of benzene rings is 2. The number of fused-ring (bicyclic) bond motifs is 1. The van der Waals surface area contributed by atoms with Crippen LogP contribution in [0.2, 0.25) is 0 Å². The number of nitrogens with one attached hydrogen (secondary N) is 3. The molecule has 0 aliphatic carbocycles. The van der Waals surface area contributed by atoms with Crippen molar-refractivity contribution in [1.82, 2.24) is 9.97 Å². The fourth-order valence-electron chi connectivity index (χ4n) is 2.33. The molecule has 0 bridgehead atoms. The van der Waals surface area contributed by atoms with Crippen LogP contribution in [0.1, 0.15) is 11.1 Å². The van der Waals surface area contributed by atoms with Gasteiger partial charge in [-0.3, -0.25) is 9.59 Å². The smallest absolute Gasteiger partial charge is 0.314 e. The highest BCUT2D eigenvalue weighted by atomic mass is 16.2. The number of hydrogen-bond acceptors (Lipinski definition) is 3. The molecule has 2 amide bonds. The number of hydrogen-bond donors (Lipinski definition) is 3. The van der Waals surface area contributed by atoms with Gasteiger partial charge in [-0.1, -0.05) is 17.7 Å². The molecule has 23 heavy (non-hydrogen) atoms. The molecule has 0 aliphatic rings. The van der Waals surface area contributed by atoms with Crippen molar-refractivity contribution >= 4 is 34.2 Å². The first-order chi connectivity index (χ1) is 11.0. The van der Waals surface area contributed by atoms with Gasteiger partial charge in [0.2, 0.25) is 0 Å². The zero-order valence-electron chi connectivity index (χ0n) is 12.8. The first kappa shape index (κ1) is 14.8. The lowest BCUT2D eigenvalue weighted by molar-refractivity contribution is -0.133. The van der Waals surface area contributed by atoms with E-state index in [4.69, 9.17) is 0 Å². The number of aryl methyl sites for hydroxylation is 2. The van der Waals surface area contributed by atoms with Crippen molar-refractivity contribution < 1.29 is 9.59 Å². The van der Waals surface area contributed by atoms with Gasteiger partial charge in [-0.25, -0.2) is 4.98 Å². The molecule has 0 radical (unpaired) electrons. The monoisotopic (exact) mass is 308 g/mol. The molecule has 0 spiro atoms. The topological polar surface area (TPSA) is 86.9 Å². The minimum absolute atomic E-state index is 0.530. The maximum Gasteiger partial charge on any atom is 0.314 e. The standard InChI is InChI=1S/C17H16N4O2/c1-10-3-5-13(11(2)7-10)21-17(23)16(22)20-12-4-6-14-15(8-12)19-9-18-14/h3-9H,1-2H3,(H,18,19)(H,20,22)(H,21,23). The van der Waals surface area contributed by atoms with E-state index in [9.17, 15) is 9.59 Å². The molecule has 1 aromatic heterocycles. The van der Waals surface area contributed by atoms with Gasteiger partial charge in [-0.05, 0) is 43.7 Å². The zero-order chi connectivity index (χ0) is 16.4. The first-order valence-corrected chi connectivity index (χ1v) is 7.15. The van der Waals surface area contributed by atoms with Crippen molar-refractivity contribution in [2.24, 2.45) is 0 Å². The van der Waals surface area contributed by atoms with Gasteiger partial charge in [0.25, 0.3) is 0 Å². The second kappa shape index (κ2) is 5.92. The molecule has 0 saturated heterocycles. The fourth-order valence-corrected chi connectivity index (χ4v) is 2.33. The molecule has 0 saturated carbocycles. The van der Waals surface area contributed by atoms with Crippen LogP contribution in [0.4, 0.5) is 11.4 Å². The van der Waals surface area contributed by atoms with Gasteiger partial charge in [0, 0.05) is 11.4 Å². The Morgan fingerprint density at radius 3 is 2.57 bits per heavy atom. The summed E-state index contributed by atoms with van der Waals surface area (Å²) in [7, 11) is 0. The lowest BCUT2D eigenvalue weighted by Gasteiger charge is -2.09. The summed E-state index contributed by atoms with van der Waals surface area (Å²) >= 11 is 0. The van der Waals surface area contributed by atoms with E-state index in [2.05, 4.69) is 20.6 Å². The number of aromatic amines is 1. The number of rotatable bonds is 2. The molecule has 1 heterocycles. The summed E-state index contributed by atoms with van der Waals surface area (Å²) < 4.78 is 0. The number of H-pyrrole nitrogens is 1. The third-order valence-electron chi connectivity index (χ3n) is 3.51. The van der Waals surface area contributed by atoms with Gasteiger partial charge in [-0.15, -0.1) is 0 Å². The van der Waals surface area contributed by atoms with Gasteiger partial charge < -0.3 is 15.6 Å².